The van der Waals surface area contributed by atoms with Crippen molar-refractivity contribution in [2.45, 2.75) is 6.92 Å². The first-order valence-corrected chi connectivity index (χ1v) is 26.5. The van der Waals surface area contributed by atoms with Gasteiger partial charge in [0.15, 0.2) is 0 Å². The Kier molecular flexibility index (Phi) is 15.9. The first-order chi connectivity index (χ1) is 39.8. The largest absolute Gasteiger partial charge is 3.00 e. The van der Waals surface area contributed by atoms with Crippen LogP contribution >= 0.6 is 0 Å². The van der Waals surface area contributed by atoms with Crippen molar-refractivity contribution < 1.29 is 39.2 Å². The number of nitrogens with zero attached hydrogens (tertiary/aromatic N) is 3. The summed E-state index contributed by atoms with van der Waals surface area (Å²) in [6.07, 6.45) is 5.34. The van der Waals surface area contributed by atoms with Crippen LogP contribution < -0.4 is 0 Å². The van der Waals surface area contributed by atoms with Gasteiger partial charge in [-0.15, -0.1) is 76.9 Å². The van der Waals surface area contributed by atoms with E-state index in [0.29, 0.717) is 22.3 Å². The summed E-state index contributed by atoms with van der Waals surface area (Å²) in [6, 6.07) is 87.8. The van der Waals surface area contributed by atoms with Crippen LogP contribution in [0.2, 0.25) is 0 Å². The third-order valence-corrected chi connectivity index (χ3v) is 14.6. The molecular weight excluding hydrogens is 1190 g/mol. The van der Waals surface area contributed by atoms with E-state index in [2.05, 4.69) is 143 Å². The maximum absolute atomic E-state index is 13.6. The fourth-order valence-electron chi connectivity index (χ4n) is 10.8. The van der Waals surface area contributed by atoms with Crippen molar-refractivity contribution in [3.63, 3.8) is 0 Å². The van der Waals surface area contributed by atoms with Crippen molar-refractivity contribution in [2.75, 3.05) is 14.2 Å². The molecule has 3 aromatic heterocycles. The van der Waals surface area contributed by atoms with Gasteiger partial charge in [0.05, 0.1) is 25.3 Å². The van der Waals surface area contributed by atoms with Crippen molar-refractivity contribution in [2.24, 2.45) is 0 Å². The standard InChI is InChI=1S/C74H50N3O4.Ir/c1-48-42-49(70-30-14-17-39-75-70)33-36-55(48)59-23-7-4-20-56(59)52-43-53(57-21-5-8-24-60(57)64-37-34-50(71-31-15-18-40-76-71)46-68(64)62-26-10-12-28-66(62)73(78)80-2)45-54(44-52)58-22-6-9-25-61(58)65-38-35-51(72-32-16-19-41-77-72)47-69(65)63-27-11-13-29-67(63)74(79)81-3;/h4-32,36-47H,1-3H3;/q-3;+3. The van der Waals surface area contributed by atoms with Crippen molar-refractivity contribution in [1.29, 1.82) is 0 Å². The van der Waals surface area contributed by atoms with Crippen LogP contribution in [0.3, 0.4) is 0 Å². The second kappa shape index (κ2) is 24.2. The molecule has 0 aliphatic rings. The molecule has 12 aromatic rings. The smallest absolute Gasteiger partial charge is 0.465 e. The molecular formula is C74H50IrN3O4. The van der Waals surface area contributed by atoms with Gasteiger partial charge in [-0.25, -0.2) is 9.59 Å². The maximum atomic E-state index is 13.6. The Balaban J connectivity index is 0.00000705. The van der Waals surface area contributed by atoms with E-state index in [1.807, 2.05) is 115 Å². The van der Waals surface area contributed by atoms with Crippen LogP contribution in [0.25, 0.3) is 123 Å². The van der Waals surface area contributed by atoms with E-state index in [4.69, 9.17) is 9.47 Å². The van der Waals surface area contributed by atoms with E-state index in [9.17, 15) is 9.59 Å². The fourth-order valence-corrected chi connectivity index (χ4v) is 10.8. The quantitative estimate of drug-likeness (QED) is 0.0839. The fraction of sp³-hybridized carbons (Fsp3) is 0.0405. The number of carbonyl (C=O) groups is 2. The van der Waals surface area contributed by atoms with Gasteiger partial charge in [0, 0.05) is 18.6 Å². The second-order valence-corrected chi connectivity index (χ2v) is 19.4. The molecule has 0 aliphatic carbocycles. The number of pyridine rings is 3. The number of aryl methyl sites for hydroxylation is 1. The summed E-state index contributed by atoms with van der Waals surface area (Å²) in [7, 11) is 2.81. The number of aromatic nitrogens is 3. The zero-order valence-corrected chi connectivity index (χ0v) is 47.4. The Hall–Kier alpha value is -9.98. The maximum Gasteiger partial charge on any atom is 3.00 e. The second-order valence-electron chi connectivity index (χ2n) is 19.4. The molecule has 394 valence electrons. The SMILES string of the molecule is COC(=O)c1ccccc1-c1cc(-c2ccccn2)[c-]cc1-c1ccccc1-c1cc(-c2ccccc2-c2c[c-]c(-c3ccccn3)cc2C)cc(-c2ccccc2-c2c[c-]c(-c3ccccn3)cc2-c2ccccc2C(=O)OC)c1.[Ir+3]. The minimum absolute atomic E-state index is 0. The third-order valence-electron chi connectivity index (χ3n) is 14.6. The van der Waals surface area contributed by atoms with Gasteiger partial charge in [0.25, 0.3) is 0 Å². The molecule has 0 N–H and O–H groups in total. The monoisotopic (exact) mass is 1240 g/mol. The number of carbonyl (C=O) groups excluding carboxylic acids is 2. The third kappa shape index (κ3) is 10.8. The Bertz CT molecular complexity index is 4110. The Morgan fingerprint density at radius 2 is 0.634 bits per heavy atom. The van der Waals surface area contributed by atoms with Crippen LogP contribution in [0, 0.1) is 25.1 Å². The molecule has 9 aromatic carbocycles. The number of rotatable bonds is 13. The summed E-state index contributed by atoms with van der Waals surface area (Å²) in [5.74, 6) is -0.876. The first-order valence-electron chi connectivity index (χ1n) is 26.5. The van der Waals surface area contributed by atoms with E-state index >= 15 is 0 Å². The van der Waals surface area contributed by atoms with Gasteiger partial charge >= 0.3 is 32.0 Å². The Labute approximate surface area is 491 Å². The minimum atomic E-state index is -0.438. The summed E-state index contributed by atoms with van der Waals surface area (Å²) < 4.78 is 10.7. The van der Waals surface area contributed by atoms with E-state index in [-0.39, 0.29) is 20.1 Å². The zero-order valence-electron chi connectivity index (χ0n) is 45.0. The molecule has 0 amide bonds. The van der Waals surface area contributed by atoms with Gasteiger partial charge in [-0.3, -0.25) is 0 Å². The summed E-state index contributed by atoms with van der Waals surface area (Å²) in [4.78, 5) is 41.2. The molecule has 3 heterocycles. The van der Waals surface area contributed by atoms with Gasteiger partial charge < -0.3 is 24.4 Å². The van der Waals surface area contributed by atoms with E-state index in [1.54, 1.807) is 30.7 Å². The molecule has 0 saturated carbocycles. The molecule has 7 nitrogen and oxygen atoms in total. The van der Waals surface area contributed by atoms with Crippen LogP contribution in [-0.2, 0) is 29.6 Å². The minimum Gasteiger partial charge on any atom is -0.465 e. The van der Waals surface area contributed by atoms with Gasteiger partial charge in [-0.05, 0) is 110 Å². The topological polar surface area (TPSA) is 91.3 Å². The predicted molar refractivity (Wildman–Crippen MR) is 324 cm³/mol. The molecule has 0 aliphatic heterocycles. The van der Waals surface area contributed by atoms with Crippen LogP contribution in [0.15, 0.2) is 249 Å². The van der Waals surface area contributed by atoms with Crippen molar-refractivity contribution >= 4 is 11.9 Å². The molecule has 0 spiro atoms. The number of benzene rings is 9. The van der Waals surface area contributed by atoms with E-state index in [0.717, 1.165) is 117 Å². The number of methoxy groups -OCH3 is 2. The van der Waals surface area contributed by atoms with Crippen LogP contribution in [0.5, 0.6) is 0 Å². The number of hydrogen-bond donors (Lipinski definition) is 0. The average Bonchev–Trinajstić information content (AvgIpc) is 3.56. The summed E-state index contributed by atoms with van der Waals surface area (Å²) in [6.45, 7) is 2.14. The number of esters is 2. The molecule has 0 atom stereocenters. The van der Waals surface area contributed by atoms with Crippen LogP contribution in [0.1, 0.15) is 26.3 Å². The van der Waals surface area contributed by atoms with Gasteiger partial charge in [0.1, 0.15) is 0 Å². The Morgan fingerprint density at radius 1 is 0.329 bits per heavy atom. The molecule has 0 fully saturated rings. The summed E-state index contributed by atoms with van der Waals surface area (Å²) in [5.41, 5.74) is 21.4. The first kappa shape index (κ1) is 54.0. The van der Waals surface area contributed by atoms with Crippen LogP contribution in [-0.4, -0.2) is 41.1 Å². The van der Waals surface area contributed by atoms with Gasteiger partial charge in [0.2, 0.25) is 0 Å². The summed E-state index contributed by atoms with van der Waals surface area (Å²) in [5, 5.41) is 0. The normalized spacial score (nSPS) is 10.9. The molecule has 0 radical (unpaired) electrons. The molecule has 82 heavy (non-hydrogen) atoms. The predicted octanol–water partition coefficient (Wildman–Crippen LogP) is 17.5. The average molecular weight is 1240 g/mol. The molecule has 12 rings (SSSR count). The van der Waals surface area contributed by atoms with E-state index < -0.39 is 11.9 Å². The van der Waals surface area contributed by atoms with E-state index in [1.165, 1.54) is 14.2 Å². The molecule has 0 unspecified atom stereocenters. The number of hydrogen-bond acceptors (Lipinski definition) is 7. The van der Waals surface area contributed by atoms with Crippen molar-refractivity contribution in [3.8, 4) is 123 Å². The molecule has 0 saturated heterocycles. The summed E-state index contributed by atoms with van der Waals surface area (Å²) >= 11 is 0. The van der Waals surface area contributed by atoms with Crippen molar-refractivity contribution in [3.05, 3.63) is 284 Å². The molecule has 8 heteroatoms. The van der Waals surface area contributed by atoms with Crippen molar-refractivity contribution in [1.82, 2.24) is 15.0 Å². The number of ether oxygens (including phenoxy) is 2. The Morgan fingerprint density at radius 3 is 0.976 bits per heavy atom. The molecule has 0 bridgehead atoms. The van der Waals surface area contributed by atoms with Gasteiger partial charge in [-0.2, -0.15) is 0 Å². The zero-order chi connectivity index (χ0) is 55.2. The van der Waals surface area contributed by atoms with Gasteiger partial charge in [-0.1, -0.05) is 197 Å². The van der Waals surface area contributed by atoms with Crippen LogP contribution in [0.4, 0.5) is 0 Å².